The highest BCUT2D eigenvalue weighted by Crippen LogP contribution is 2.00. The van der Waals surface area contributed by atoms with Crippen molar-refractivity contribution in [1.82, 2.24) is 16.0 Å². The Hall–Kier alpha value is -0.610. The molecule has 1 saturated heterocycles. The Kier molecular flexibility index (Phi) is 4.78. The lowest BCUT2D eigenvalue weighted by molar-refractivity contribution is -0.120. The minimum atomic E-state index is 0.108. The smallest absolute Gasteiger partial charge is 0.221 e. The molecule has 0 aromatic heterocycles. The lowest BCUT2D eigenvalue weighted by atomic mass is 10.1. The van der Waals surface area contributed by atoms with E-state index in [9.17, 15) is 4.79 Å². The van der Waals surface area contributed by atoms with Crippen LogP contribution in [0.4, 0.5) is 0 Å². The molecule has 3 N–H and O–H groups in total. The summed E-state index contributed by atoms with van der Waals surface area (Å²) in [6.07, 6.45) is 3.03. The summed E-state index contributed by atoms with van der Waals surface area (Å²) in [4.78, 5) is 10.9. The zero-order valence-electron chi connectivity index (χ0n) is 8.23. The zero-order valence-corrected chi connectivity index (χ0v) is 8.23. The van der Waals surface area contributed by atoms with Crippen molar-refractivity contribution in [2.24, 2.45) is 0 Å². The molecule has 1 unspecified atom stereocenters. The van der Waals surface area contributed by atoms with Gasteiger partial charge in [0.2, 0.25) is 5.91 Å². The summed E-state index contributed by atoms with van der Waals surface area (Å²) in [6.45, 7) is 2.95. The normalized spacial score (nSPS) is 22.7. The van der Waals surface area contributed by atoms with Crippen LogP contribution in [0.5, 0.6) is 0 Å². The third-order valence-corrected chi connectivity index (χ3v) is 2.36. The van der Waals surface area contributed by atoms with E-state index >= 15 is 0 Å². The van der Waals surface area contributed by atoms with Crippen molar-refractivity contribution >= 4 is 5.91 Å². The summed E-state index contributed by atoms with van der Waals surface area (Å²) in [7, 11) is 1.67. The largest absolute Gasteiger partial charge is 0.359 e. The van der Waals surface area contributed by atoms with E-state index in [4.69, 9.17) is 0 Å². The SMILES string of the molecule is CNC(=O)CCNC1CCCNC1. The van der Waals surface area contributed by atoms with E-state index in [-0.39, 0.29) is 5.91 Å². The van der Waals surface area contributed by atoms with Crippen molar-refractivity contribution in [3.05, 3.63) is 0 Å². The second kappa shape index (κ2) is 5.94. The van der Waals surface area contributed by atoms with E-state index < -0.39 is 0 Å². The topological polar surface area (TPSA) is 53.2 Å². The van der Waals surface area contributed by atoms with Crippen molar-refractivity contribution in [2.75, 3.05) is 26.7 Å². The Labute approximate surface area is 79.5 Å². The highest BCUT2D eigenvalue weighted by atomic mass is 16.1. The molecule has 1 heterocycles. The fraction of sp³-hybridized carbons (Fsp3) is 0.889. The molecule has 4 nitrogen and oxygen atoms in total. The molecule has 0 saturated carbocycles. The summed E-state index contributed by atoms with van der Waals surface area (Å²) in [5, 5.41) is 9.30. The van der Waals surface area contributed by atoms with E-state index in [1.54, 1.807) is 7.05 Å². The summed E-state index contributed by atoms with van der Waals surface area (Å²) in [5.41, 5.74) is 0. The molecular weight excluding hydrogens is 166 g/mol. The van der Waals surface area contributed by atoms with Gasteiger partial charge >= 0.3 is 0 Å². The molecule has 0 spiro atoms. The number of nitrogens with one attached hydrogen (secondary N) is 3. The van der Waals surface area contributed by atoms with E-state index in [2.05, 4.69) is 16.0 Å². The minimum Gasteiger partial charge on any atom is -0.359 e. The van der Waals surface area contributed by atoms with Gasteiger partial charge in [-0.2, -0.15) is 0 Å². The van der Waals surface area contributed by atoms with Gasteiger partial charge in [-0.3, -0.25) is 4.79 Å². The fourth-order valence-corrected chi connectivity index (χ4v) is 1.54. The maximum atomic E-state index is 10.9. The summed E-state index contributed by atoms with van der Waals surface area (Å²) >= 11 is 0. The van der Waals surface area contributed by atoms with Crippen molar-refractivity contribution in [2.45, 2.75) is 25.3 Å². The van der Waals surface area contributed by atoms with Gasteiger partial charge in [0.15, 0.2) is 0 Å². The first-order valence-electron chi connectivity index (χ1n) is 4.97. The van der Waals surface area contributed by atoms with Crippen LogP contribution in [0, 0.1) is 0 Å². The highest BCUT2D eigenvalue weighted by Gasteiger charge is 2.11. The number of hydrogen-bond donors (Lipinski definition) is 3. The molecule has 1 fully saturated rings. The average molecular weight is 185 g/mol. The Morgan fingerprint density at radius 2 is 2.46 bits per heavy atom. The molecule has 1 rings (SSSR count). The zero-order chi connectivity index (χ0) is 9.52. The molecule has 76 valence electrons. The fourth-order valence-electron chi connectivity index (χ4n) is 1.54. The van der Waals surface area contributed by atoms with Gasteiger partial charge in [0, 0.05) is 32.6 Å². The van der Waals surface area contributed by atoms with Gasteiger partial charge in [0.1, 0.15) is 0 Å². The number of piperidine rings is 1. The highest BCUT2D eigenvalue weighted by molar-refractivity contribution is 5.75. The van der Waals surface area contributed by atoms with E-state index in [1.807, 2.05) is 0 Å². The molecule has 4 heteroatoms. The predicted molar refractivity (Wildman–Crippen MR) is 52.6 cm³/mol. The van der Waals surface area contributed by atoms with Gasteiger partial charge in [-0.05, 0) is 19.4 Å². The Balaban J connectivity index is 2.01. The maximum absolute atomic E-state index is 10.9. The van der Waals surface area contributed by atoms with E-state index in [1.165, 1.54) is 12.8 Å². The van der Waals surface area contributed by atoms with Gasteiger partial charge in [-0.25, -0.2) is 0 Å². The molecule has 1 atom stereocenters. The quantitative estimate of drug-likeness (QED) is 0.551. The van der Waals surface area contributed by atoms with Crippen molar-refractivity contribution < 1.29 is 4.79 Å². The van der Waals surface area contributed by atoms with Gasteiger partial charge < -0.3 is 16.0 Å². The lowest BCUT2D eigenvalue weighted by Crippen LogP contribution is -2.44. The molecule has 0 aromatic carbocycles. The van der Waals surface area contributed by atoms with Crippen LogP contribution in [0.3, 0.4) is 0 Å². The standard InChI is InChI=1S/C9H19N3O/c1-10-9(13)4-6-12-8-3-2-5-11-7-8/h8,11-12H,2-7H2,1H3,(H,10,13). The minimum absolute atomic E-state index is 0.108. The third-order valence-electron chi connectivity index (χ3n) is 2.36. The van der Waals surface area contributed by atoms with Crippen LogP contribution in [-0.4, -0.2) is 38.6 Å². The second-order valence-electron chi connectivity index (χ2n) is 3.42. The van der Waals surface area contributed by atoms with Gasteiger partial charge in [0.05, 0.1) is 0 Å². The monoisotopic (exact) mass is 185 g/mol. The molecule has 1 aliphatic rings. The number of amides is 1. The van der Waals surface area contributed by atoms with Gasteiger partial charge in [-0.1, -0.05) is 0 Å². The van der Waals surface area contributed by atoms with Gasteiger partial charge in [-0.15, -0.1) is 0 Å². The first-order valence-corrected chi connectivity index (χ1v) is 4.97. The summed E-state index contributed by atoms with van der Waals surface area (Å²) < 4.78 is 0. The second-order valence-corrected chi connectivity index (χ2v) is 3.42. The van der Waals surface area contributed by atoms with Crippen LogP contribution < -0.4 is 16.0 Å². The third kappa shape index (κ3) is 4.24. The Morgan fingerprint density at radius 1 is 1.62 bits per heavy atom. The van der Waals surface area contributed by atoms with E-state index in [0.717, 1.165) is 19.6 Å². The average Bonchev–Trinajstić information content (AvgIpc) is 2.19. The molecule has 13 heavy (non-hydrogen) atoms. The van der Waals surface area contributed by atoms with Crippen LogP contribution >= 0.6 is 0 Å². The van der Waals surface area contributed by atoms with Gasteiger partial charge in [0.25, 0.3) is 0 Å². The summed E-state index contributed by atoms with van der Waals surface area (Å²) in [6, 6.07) is 0.554. The molecular formula is C9H19N3O. The van der Waals surface area contributed by atoms with Crippen LogP contribution in [0.1, 0.15) is 19.3 Å². The molecule has 0 bridgehead atoms. The molecule has 0 aliphatic carbocycles. The maximum Gasteiger partial charge on any atom is 0.221 e. The van der Waals surface area contributed by atoms with Crippen LogP contribution in [0.15, 0.2) is 0 Å². The molecule has 0 radical (unpaired) electrons. The van der Waals surface area contributed by atoms with Crippen LogP contribution in [-0.2, 0) is 4.79 Å². The Bertz CT molecular complexity index is 155. The molecule has 1 amide bonds. The van der Waals surface area contributed by atoms with E-state index in [0.29, 0.717) is 12.5 Å². The predicted octanol–water partition coefficient (Wildman–Crippen LogP) is -0.536. The number of carbonyl (C=O) groups is 1. The summed E-state index contributed by atoms with van der Waals surface area (Å²) in [5.74, 6) is 0.108. The van der Waals surface area contributed by atoms with Crippen molar-refractivity contribution in [3.8, 4) is 0 Å². The molecule has 0 aromatic rings. The number of carbonyl (C=O) groups excluding carboxylic acids is 1. The first-order chi connectivity index (χ1) is 6.33. The van der Waals surface area contributed by atoms with Crippen molar-refractivity contribution in [1.29, 1.82) is 0 Å². The van der Waals surface area contributed by atoms with Crippen LogP contribution in [0.25, 0.3) is 0 Å². The number of hydrogen-bond acceptors (Lipinski definition) is 3. The first kappa shape index (κ1) is 10.5. The molecule has 1 aliphatic heterocycles. The van der Waals surface area contributed by atoms with Crippen LogP contribution in [0.2, 0.25) is 0 Å². The Morgan fingerprint density at radius 3 is 3.08 bits per heavy atom. The lowest BCUT2D eigenvalue weighted by Gasteiger charge is -2.23. The number of rotatable bonds is 4. The van der Waals surface area contributed by atoms with Crippen molar-refractivity contribution in [3.63, 3.8) is 0 Å².